The third kappa shape index (κ3) is 3.30. The van der Waals surface area contributed by atoms with E-state index in [1.54, 1.807) is 0 Å². The van der Waals surface area contributed by atoms with E-state index in [4.69, 9.17) is 5.84 Å². The van der Waals surface area contributed by atoms with Crippen LogP contribution in [-0.4, -0.2) is 4.98 Å². The van der Waals surface area contributed by atoms with Crippen LogP contribution in [0.4, 0.5) is 0 Å². The largest absolute Gasteiger partial charge is 0.271 e. The zero-order valence-electron chi connectivity index (χ0n) is 11.6. The number of hydrazine groups is 1. The first-order valence-electron chi connectivity index (χ1n) is 7.12. The van der Waals surface area contributed by atoms with Crippen molar-refractivity contribution in [2.24, 2.45) is 11.8 Å². The van der Waals surface area contributed by atoms with Gasteiger partial charge >= 0.3 is 0 Å². The van der Waals surface area contributed by atoms with Crippen LogP contribution in [0.15, 0.2) is 12.1 Å². The van der Waals surface area contributed by atoms with E-state index < -0.39 is 0 Å². The molecular formula is C15H25N3. The summed E-state index contributed by atoms with van der Waals surface area (Å²) in [4.78, 5) is 4.45. The molecule has 3 heteroatoms. The van der Waals surface area contributed by atoms with Crippen molar-refractivity contribution < 1.29 is 0 Å². The molecule has 1 aliphatic carbocycles. The summed E-state index contributed by atoms with van der Waals surface area (Å²) < 4.78 is 0. The molecule has 0 bridgehead atoms. The molecule has 0 saturated heterocycles. The quantitative estimate of drug-likeness (QED) is 0.490. The molecule has 3 nitrogen and oxygen atoms in total. The summed E-state index contributed by atoms with van der Waals surface area (Å²) in [6, 6.07) is 4.62. The first-order chi connectivity index (χ1) is 8.70. The van der Waals surface area contributed by atoms with Crippen LogP contribution in [0.5, 0.6) is 0 Å². The smallest absolute Gasteiger partial charge is 0.0489 e. The second-order valence-electron chi connectivity index (χ2n) is 5.58. The summed E-state index contributed by atoms with van der Waals surface area (Å²) in [5, 5.41) is 0. The van der Waals surface area contributed by atoms with E-state index in [2.05, 4.69) is 36.4 Å². The van der Waals surface area contributed by atoms with Gasteiger partial charge in [-0.05, 0) is 50.3 Å². The standard InChI is InChI=1S/C15H25N3/c1-11-9-14(10-12(2)17-11)15(18-16)13-7-5-3-4-6-8-13/h9-10,13,15,18H,3-8,16H2,1-2H3. The van der Waals surface area contributed by atoms with Gasteiger partial charge in [-0.1, -0.05) is 25.7 Å². The van der Waals surface area contributed by atoms with Gasteiger partial charge in [0, 0.05) is 17.4 Å². The molecule has 1 saturated carbocycles. The fraction of sp³-hybridized carbons (Fsp3) is 0.667. The first-order valence-corrected chi connectivity index (χ1v) is 7.12. The number of aromatic nitrogens is 1. The Bertz CT molecular complexity index is 361. The van der Waals surface area contributed by atoms with Crippen molar-refractivity contribution in [3.05, 3.63) is 29.1 Å². The van der Waals surface area contributed by atoms with Crippen LogP contribution in [0.1, 0.15) is 61.5 Å². The molecule has 1 aromatic heterocycles. The van der Waals surface area contributed by atoms with Gasteiger partial charge < -0.3 is 0 Å². The van der Waals surface area contributed by atoms with Gasteiger partial charge in [-0.15, -0.1) is 0 Å². The summed E-state index contributed by atoms with van der Waals surface area (Å²) in [7, 11) is 0. The van der Waals surface area contributed by atoms with Crippen molar-refractivity contribution >= 4 is 0 Å². The van der Waals surface area contributed by atoms with E-state index in [1.807, 2.05) is 0 Å². The Kier molecular flexibility index (Phi) is 4.72. The number of pyridine rings is 1. The number of nitrogens with zero attached hydrogens (tertiary/aromatic N) is 1. The summed E-state index contributed by atoms with van der Waals surface area (Å²) >= 11 is 0. The molecule has 1 aliphatic rings. The average Bonchev–Trinajstić information content (AvgIpc) is 2.58. The SMILES string of the molecule is Cc1cc(C(NN)C2CCCCCC2)cc(C)n1. The van der Waals surface area contributed by atoms with Gasteiger partial charge in [-0.25, -0.2) is 0 Å². The van der Waals surface area contributed by atoms with Gasteiger partial charge in [-0.3, -0.25) is 16.3 Å². The molecule has 3 N–H and O–H groups in total. The maximum Gasteiger partial charge on any atom is 0.0489 e. The lowest BCUT2D eigenvalue weighted by Crippen LogP contribution is -2.33. The molecule has 0 amide bonds. The Morgan fingerprint density at radius 3 is 2.17 bits per heavy atom. The lowest BCUT2D eigenvalue weighted by atomic mass is 9.87. The molecule has 1 heterocycles. The highest BCUT2D eigenvalue weighted by Gasteiger charge is 2.23. The predicted octanol–water partition coefficient (Wildman–Crippen LogP) is 3.17. The fourth-order valence-corrected chi connectivity index (χ4v) is 3.20. The lowest BCUT2D eigenvalue weighted by molar-refractivity contribution is 0.328. The van der Waals surface area contributed by atoms with Gasteiger partial charge in [0.15, 0.2) is 0 Å². The number of hydrogen-bond acceptors (Lipinski definition) is 3. The molecule has 0 radical (unpaired) electrons. The Morgan fingerprint density at radius 1 is 1.11 bits per heavy atom. The van der Waals surface area contributed by atoms with Crippen molar-refractivity contribution in [3.8, 4) is 0 Å². The van der Waals surface area contributed by atoms with Crippen LogP contribution >= 0.6 is 0 Å². The van der Waals surface area contributed by atoms with E-state index in [0.717, 1.165) is 11.4 Å². The van der Waals surface area contributed by atoms with E-state index in [9.17, 15) is 0 Å². The molecule has 1 aromatic rings. The summed E-state index contributed by atoms with van der Waals surface area (Å²) in [5.74, 6) is 6.48. The average molecular weight is 247 g/mol. The highest BCUT2D eigenvalue weighted by atomic mass is 15.2. The number of nitrogens with two attached hydrogens (primary N) is 1. The molecule has 0 spiro atoms. The number of nitrogens with one attached hydrogen (secondary N) is 1. The van der Waals surface area contributed by atoms with Crippen molar-refractivity contribution in [1.82, 2.24) is 10.4 Å². The monoisotopic (exact) mass is 247 g/mol. The highest BCUT2D eigenvalue weighted by Crippen LogP contribution is 2.33. The number of hydrogen-bond donors (Lipinski definition) is 2. The Labute approximate surface area is 110 Å². The minimum absolute atomic E-state index is 0.281. The third-order valence-electron chi connectivity index (χ3n) is 4.01. The Balaban J connectivity index is 2.20. The van der Waals surface area contributed by atoms with Crippen molar-refractivity contribution in [2.45, 2.75) is 58.4 Å². The zero-order chi connectivity index (χ0) is 13.0. The van der Waals surface area contributed by atoms with Gasteiger partial charge in [0.05, 0.1) is 0 Å². The molecule has 100 valence electrons. The van der Waals surface area contributed by atoms with Crippen LogP contribution in [0, 0.1) is 19.8 Å². The summed E-state index contributed by atoms with van der Waals surface area (Å²) in [6.07, 6.45) is 8.01. The molecule has 1 atom stereocenters. The lowest BCUT2D eigenvalue weighted by Gasteiger charge is -2.26. The minimum Gasteiger partial charge on any atom is -0.271 e. The third-order valence-corrected chi connectivity index (χ3v) is 4.01. The number of aryl methyl sites for hydroxylation is 2. The zero-order valence-corrected chi connectivity index (χ0v) is 11.6. The number of rotatable bonds is 3. The van der Waals surface area contributed by atoms with Crippen LogP contribution in [0.3, 0.4) is 0 Å². The topological polar surface area (TPSA) is 50.9 Å². The second-order valence-corrected chi connectivity index (χ2v) is 5.58. The van der Waals surface area contributed by atoms with Crippen molar-refractivity contribution in [3.63, 3.8) is 0 Å². The molecular weight excluding hydrogens is 222 g/mol. The van der Waals surface area contributed by atoms with Gasteiger partial charge in [-0.2, -0.15) is 0 Å². The fourth-order valence-electron chi connectivity index (χ4n) is 3.20. The van der Waals surface area contributed by atoms with E-state index in [1.165, 1.54) is 44.1 Å². The second kappa shape index (κ2) is 6.30. The summed E-state index contributed by atoms with van der Waals surface area (Å²) in [6.45, 7) is 4.11. The van der Waals surface area contributed by atoms with Crippen LogP contribution in [-0.2, 0) is 0 Å². The molecule has 2 rings (SSSR count). The van der Waals surface area contributed by atoms with E-state index in [-0.39, 0.29) is 6.04 Å². The molecule has 1 fully saturated rings. The first kappa shape index (κ1) is 13.5. The van der Waals surface area contributed by atoms with E-state index in [0.29, 0.717) is 5.92 Å². The molecule has 0 aliphatic heterocycles. The van der Waals surface area contributed by atoms with E-state index >= 15 is 0 Å². The Hall–Kier alpha value is -0.930. The van der Waals surface area contributed by atoms with Crippen LogP contribution in [0.25, 0.3) is 0 Å². The van der Waals surface area contributed by atoms with Crippen LogP contribution in [0.2, 0.25) is 0 Å². The van der Waals surface area contributed by atoms with Crippen LogP contribution < -0.4 is 11.3 Å². The molecule has 1 unspecified atom stereocenters. The van der Waals surface area contributed by atoms with Gasteiger partial charge in [0.1, 0.15) is 0 Å². The highest BCUT2D eigenvalue weighted by molar-refractivity contribution is 5.24. The predicted molar refractivity (Wildman–Crippen MR) is 75.0 cm³/mol. The maximum absolute atomic E-state index is 5.82. The molecule has 0 aromatic carbocycles. The summed E-state index contributed by atoms with van der Waals surface area (Å²) in [5.41, 5.74) is 6.51. The minimum atomic E-state index is 0.281. The van der Waals surface area contributed by atoms with Gasteiger partial charge in [0.25, 0.3) is 0 Å². The van der Waals surface area contributed by atoms with Gasteiger partial charge in [0.2, 0.25) is 0 Å². The van der Waals surface area contributed by atoms with Crippen molar-refractivity contribution in [1.29, 1.82) is 0 Å². The van der Waals surface area contributed by atoms with Crippen molar-refractivity contribution in [2.75, 3.05) is 0 Å². The molecule has 18 heavy (non-hydrogen) atoms. The Morgan fingerprint density at radius 2 is 1.67 bits per heavy atom. The maximum atomic E-state index is 5.82. The normalized spacial score (nSPS) is 19.5.